The average Bonchev–Trinajstić information content (AvgIpc) is 2.45. The van der Waals surface area contributed by atoms with E-state index in [1.54, 1.807) is 6.08 Å². The summed E-state index contributed by atoms with van der Waals surface area (Å²) in [6.45, 7) is 5.51. The van der Waals surface area contributed by atoms with Gasteiger partial charge in [0.05, 0.1) is 12.3 Å². The van der Waals surface area contributed by atoms with E-state index in [0.717, 1.165) is 0 Å². The van der Waals surface area contributed by atoms with Crippen molar-refractivity contribution in [3.63, 3.8) is 0 Å². The molecule has 3 heteroatoms. The Hall–Kier alpha value is -1.38. The van der Waals surface area contributed by atoms with Gasteiger partial charge in [-0.3, -0.25) is 9.59 Å². The standard InChI is InChI=1S/C11H14O3/c1-3-5-8(6-4-2)9-7-10(12)14-11(9)13/h3-4,6,8-9H,1,5,7H2,2H3/b6-4+. The third-order valence-electron chi connectivity index (χ3n) is 2.30. The molecule has 2 atom stereocenters. The fourth-order valence-corrected chi connectivity index (χ4v) is 1.64. The zero-order valence-electron chi connectivity index (χ0n) is 8.23. The molecule has 1 fully saturated rings. The van der Waals surface area contributed by atoms with Gasteiger partial charge in [0.2, 0.25) is 0 Å². The molecule has 1 aliphatic heterocycles. The van der Waals surface area contributed by atoms with Crippen LogP contribution in [0, 0.1) is 11.8 Å². The van der Waals surface area contributed by atoms with E-state index in [1.165, 1.54) is 0 Å². The van der Waals surface area contributed by atoms with Crippen LogP contribution in [0.3, 0.4) is 0 Å². The lowest BCUT2D eigenvalue weighted by Crippen LogP contribution is -2.17. The van der Waals surface area contributed by atoms with E-state index in [2.05, 4.69) is 11.3 Å². The monoisotopic (exact) mass is 194 g/mol. The Kier molecular flexibility index (Phi) is 3.63. The molecule has 0 aromatic carbocycles. The van der Waals surface area contributed by atoms with E-state index in [9.17, 15) is 9.59 Å². The highest BCUT2D eigenvalue weighted by Gasteiger charge is 2.37. The number of rotatable bonds is 4. The fourth-order valence-electron chi connectivity index (χ4n) is 1.64. The van der Waals surface area contributed by atoms with Crippen molar-refractivity contribution in [3.05, 3.63) is 24.8 Å². The van der Waals surface area contributed by atoms with Crippen LogP contribution in [0.25, 0.3) is 0 Å². The molecule has 0 spiro atoms. The highest BCUT2D eigenvalue weighted by Crippen LogP contribution is 2.28. The molecule has 0 radical (unpaired) electrons. The number of ether oxygens (including phenoxy) is 1. The summed E-state index contributed by atoms with van der Waals surface area (Å²) in [7, 11) is 0. The summed E-state index contributed by atoms with van der Waals surface area (Å²) in [5, 5.41) is 0. The van der Waals surface area contributed by atoms with E-state index < -0.39 is 11.9 Å². The number of carbonyl (C=O) groups is 2. The molecule has 0 bridgehead atoms. The van der Waals surface area contributed by atoms with Gasteiger partial charge in [0.25, 0.3) is 0 Å². The van der Waals surface area contributed by atoms with Gasteiger partial charge in [-0.1, -0.05) is 18.2 Å². The number of allylic oxidation sites excluding steroid dienone is 3. The van der Waals surface area contributed by atoms with Gasteiger partial charge in [0, 0.05) is 0 Å². The van der Waals surface area contributed by atoms with E-state index in [0.29, 0.717) is 6.42 Å². The quantitative estimate of drug-likeness (QED) is 0.389. The third kappa shape index (κ3) is 2.31. The molecule has 0 N–H and O–H groups in total. The number of hydrogen-bond donors (Lipinski definition) is 0. The first-order valence-electron chi connectivity index (χ1n) is 4.67. The SMILES string of the molecule is C=CCC(/C=C/C)C1CC(=O)OC1=O. The molecule has 0 amide bonds. The summed E-state index contributed by atoms with van der Waals surface area (Å²) in [6.07, 6.45) is 6.44. The van der Waals surface area contributed by atoms with Gasteiger partial charge in [-0.2, -0.15) is 0 Å². The number of hydrogen-bond acceptors (Lipinski definition) is 3. The van der Waals surface area contributed by atoms with Gasteiger partial charge in [-0.15, -0.1) is 6.58 Å². The Labute approximate surface area is 83.4 Å². The van der Waals surface area contributed by atoms with Crippen LogP contribution in [0.15, 0.2) is 24.8 Å². The Morgan fingerprint density at radius 1 is 1.64 bits per heavy atom. The lowest BCUT2D eigenvalue weighted by Gasteiger charge is -2.13. The Morgan fingerprint density at radius 3 is 2.79 bits per heavy atom. The second-order valence-electron chi connectivity index (χ2n) is 3.32. The molecule has 0 aromatic heterocycles. The lowest BCUT2D eigenvalue weighted by molar-refractivity contribution is -0.153. The Bertz CT molecular complexity index is 278. The maximum atomic E-state index is 11.3. The maximum Gasteiger partial charge on any atom is 0.317 e. The largest absolute Gasteiger partial charge is 0.393 e. The van der Waals surface area contributed by atoms with Gasteiger partial charge < -0.3 is 4.74 Å². The zero-order chi connectivity index (χ0) is 10.6. The smallest absolute Gasteiger partial charge is 0.317 e. The Balaban J connectivity index is 2.72. The number of carbonyl (C=O) groups excluding carboxylic acids is 2. The van der Waals surface area contributed by atoms with Crippen LogP contribution < -0.4 is 0 Å². The molecule has 1 heterocycles. The maximum absolute atomic E-state index is 11.3. The van der Waals surface area contributed by atoms with Crippen LogP contribution in [0.5, 0.6) is 0 Å². The number of cyclic esters (lactones) is 2. The van der Waals surface area contributed by atoms with Crippen molar-refractivity contribution in [1.82, 2.24) is 0 Å². The molecule has 76 valence electrons. The van der Waals surface area contributed by atoms with Crippen LogP contribution >= 0.6 is 0 Å². The highest BCUT2D eigenvalue weighted by atomic mass is 16.6. The van der Waals surface area contributed by atoms with Gasteiger partial charge in [-0.25, -0.2) is 0 Å². The van der Waals surface area contributed by atoms with Gasteiger partial charge in [0.1, 0.15) is 0 Å². The topological polar surface area (TPSA) is 43.4 Å². The van der Waals surface area contributed by atoms with Crippen LogP contribution in [0.2, 0.25) is 0 Å². The summed E-state index contributed by atoms with van der Waals surface area (Å²) < 4.78 is 4.50. The summed E-state index contributed by atoms with van der Waals surface area (Å²) >= 11 is 0. The first kappa shape index (κ1) is 10.7. The average molecular weight is 194 g/mol. The minimum atomic E-state index is -0.418. The van der Waals surface area contributed by atoms with Crippen molar-refractivity contribution in [2.45, 2.75) is 19.8 Å². The summed E-state index contributed by atoms with van der Waals surface area (Å²) in [5.41, 5.74) is 0. The fraction of sp³-hybridized carbons (Fsp3) is 0.455. The van der Waals surface area contributed by atoms with Gasteiger partial charge in [-0.05, 0) is 19.3 Å². The minimum Gasteiger partial charge on any atom is -0.393 e. The second-order valence-corrected chi connectivity index (χ2v) is 3.32. The normalized spacial score (nSPS) is 23.9. The van der Waals surface area contributed by atoms with E-state index in [-0.39, 0.29) is 18.3 Å². The summed E-state index contributed by atoms with van der Waals surface area (Å²) in [6, 6.07) is 0. The molecule has 0 aliphatic carbocycles. The predicted molar refractivity (Wildman–Crippen MR) is 52.3 cm³/mol. The molecule has 1 rings (SSSR count). The predicted octanol–water partition coefficient (Wildman–Crippen LogP) is 1.84. The molecular weight excluding hydrogens is 180 g/mol. The van der Waals surface area contributed by atoms with Crippen molar-refractivity contribution < 1.29 is 14.3 Å². The van der Waals surface area contributed by atoms with Gasteiger partial charge in [0.15, 0.2) is 0 Å². The van der Waals surface area contributed by atoms with Crippen molar-refractivity contribution in [3.8, 4) is 0 Å². The van der Waals surface area contributed by atoms with Crippen LogP contribution in [0.1, 0.15) is 19.8 Å². The molecule has 2 unspecified atom stereocenters. The van der Waals surface area contributed by atoms with Crippen molar-refractivity contribution >= 4 is 11.9 Å². The highest BCUT2D eigenvalue weighted by molar-refractivity contribution is 5.94. The minimum absolute atomic E-state index is 0.0384. The van der Waals surface area contributed by atoms with Gasteiger partial charge >= 0.3 is 11.9 Å². The van der Waals surface area contributed by atoms with Crippen molar-refractivity contribution in [2.24, 2.45) is 11.8 Å². The molecular formula is C11H14O3. The molecule has 1 saturated heterocycles. The van der Waals surface area contributed by atoms with Crippen molar-refractivity contribution in [2.75, 3.05) is 0 Å². The van der Waals surface area contributed by atoms with Crippen LogP contribution in [-0.2, 0) is 14.3 Å². The zero-order valence-corrected chi connectivity index (χ0v) is 8.23. The first-order valence-corrected chi connectivity index (χ1v) is 4.67. The summed E-state index contributed by atoms with van der Waals surface area (Å²) in [4.78, 5) is 22.1. The first-order chi connectivity index (χ1) is 6.69. The second kappa shape index (κ2) is 4.74. The summed E-state index contributed by atoms with van der Waals surface area (Å²) in [5.74, 6) is -1.10. The molecule has 0 saturated carbocycles. The molecule has 1 aliphatic rings. The molecule has 0 aromatic rings. The van der Waals surface area contributed by atoms with E-state index in [4.69, 9.17) is 0 Å². The van der Waals surface area contributed by atoms with E-state index >= 15 is 0 Å². The Morgan fingerprint density at radius 2 is 2.36 bits per heavy atom. The molecule has 3 nitrogen and oxygen atoms in total. The van der Waals surface area contributed by atoms with Crippen molar-refractivity contribution in [1.29, 1.82) is 0 Å². The van der Waals surface area contributed by atoms with Crippen LogP contribution in [-0.4, -0.2) is 11.9 Å². The third-order valence-corrected chi connectivity index (χ3v) is 2.30. The molecule has 14 heavy (non-hydrogen) atoms. The van der Waals surface area contributed by atoms with Crippen LogP contribution in [0.4, 0.5) is 0 Å². The number of esters is 2. The van der Waals surface area contributed by atoms with E-state index in [1.807, 2.05) is 19.1 Å². The lowest BCUT2D eigenvalue weighted by atomic mass is 9.88.